The van der Waals surface area contributed by atoms with Crippen molar-refractivity contribution in [2.24, 2.45) is 5.10 Å². The number of nitrogens with zero attached hydrogens (tertiary/aromatic N) is 3. The lowest BCUT2D eigenvalue weighted by molar-refractivity contribution is -0.121. The van der Waals surface area contributed by atoms with Gasteiger partial charge in [0.2, 0.25) is 12.2 Å². The minimum absolute atomic E-state index is 0.0273. The molecule has 3 heterocycles. The van der Waals surface area contributed by atoms with E-state index in [1.807, 2.05) is 41.5 Å². The van der Waals surface area contributed by atoms with Crippen molar-refractivity contribution in [3.63, 3.8) is 0 Å². The van der Waals surface area contributed by atoms with Gasteiger partial charge in [0.1, 0.15) is 10.7 Å². The van der Waals surface area contributed by atoms with E-state index in [2.05, 4.69) is 15.8 Å². The summed E-state index contributed by atoms with van der Waals surface area (Å²) in [6.45, 7) is 3.08. The third-order valence-electron chi connectivity index (χ3n) is 4.96. The molecule has 0 saturated heterocycles. The second kappa shape index (κ2) is 8.42. The molecule has 1 atom stereocenters. The Balaban J connectivity index is 1.40. The summed E-state index contributed by atoms with van der Waals surface area (Å²) in [7, 11) is 0. The number of benzene rings is 1. The first-order chi connectivity index (χ1) is 14.1. The van der Waals surface area contributed by atoms with Gasteiger partial charge in [0.25, 0.3) is 5.91 Å². The quantitative estimate of drug-likeness (QED) is 0.704. The maximum absolute atomic E-state index is 12.8. The Morgan fingerprint density at radius 1 is 1.34 bits per heavy atom. The third kappa shape index (κ3) is 3.82. The zero-order valence-electron chi connectivity index (χ0n) is 16.0. The first-order valence-electron chi connectivity index (χ1n) is 9.60. The van der Waals surface area contributed by atoms with Gasteiger partial charge in [0, 0.05) is 31.0 Å². The topological polar surface area (TPSA) is 77.0 Å². The number of fused-ring (bicyclic) bond motifs is 3. The van der Waals surface area contributed by atoms with E-state index in [0.29, 0.717) is 35.8 Å². The van der Waals surface area contributed by atoms with Crippen LogP contribution in [0, 0.1) is 0 Å². The predicted molar refractivity (Wildman–Crippen MR) is 115 cm³/mol. The number of carbonyl (C=O) groups excluding carboxylic acids is 2. The monoisotopic (exact) mass is 431 g/mol. The summed E-state index contributed by atoms with van der Waals surface area (Å²) in [4.78, 5) is 29.7. The standard InChI is InChI=1S/C20H22ClN5O2S/c1-2-10-25-19(28)18-15(9-11-29-18)26-16(23-24-20(25)26)7-8-17(27)22-12-13-5-3-4-6-14(13)21/h3-6,9,11,20,24H,2,7-8,10,12H2,1H3,(H,22,27). The molecule has 1 aromatic carbocycles. The van der Waals surface area contributed by atoms with Gasteiger partial charge in [0.05, 0.1) is 5.69 Å². The summed E-state index contributed by atoms with van der Waals surface area (Å²) in [6.07, 6.45) is 1.31. The number of nitrogens with one attached hydrogen (secondary N) is 2. The highest BCUT2D eigenvalue weighted by molar-refractivity contribution is 7.12. The van der Waals surface area contributed by atoms with Crippen LogP contribution in [0.5, 0.6) is 0 Å². The Bertz CT molecular complexity index is 960. The van der Waals surface area contributed by atoms with Crippen LogP contribution in [0.15, 0.2) is 40.8 Å². The van der Waals surface area contributed by atoms with Crippen molar-refractivity contribution in [2.45, 2.75) is 39.0 Å². The lowest BCUT2D eigenvalue weighted by Gasteiger charge is -2.39. The molecule has 7 nitrogen and oxygen atoms in total. The second-order valence-electron chi connectivity index (χ2n) is 6.90. The van der Waals surface area contributed by atoms with E-state index in [1.54, 1.807) is 11.0 Å². The number of thiophene rings is 1. The smallest absolute Gasteiger partial charge is 0.269 e. The van der Waals surface area contributed by atoms with Gasteiger partial charge in [0.15, 0.2) is 0 Å². The SMILES string of the molecule is CCCN1C(=O)c2sccc2N2C(CCC(=O)NCc3ccccc3Cl)=NNC12. The van der Waals surface area contributed by atoms with E-state index >= 15 is 0 Å². The minimum Gasteiger partial charge on any atom is -0.352 e. The molecule has 2 aliphatic heterocycles. The van der Waals surface area contributed by atoms with E-state index in [-0.39, 0.29) is 18.1 Å². The summed E-state index contributed by atoms with van der Waals surface area (Å²) in [5.74, 6) is 0.718. The van der Waals surface area contributed by atoms with Crippen molar-refractivity contribution in [2.75, 3.05) is 11.4 Å². The van der Waals surface area contributed by atoms with Crippen LogP contribution in [0.25, 0.3) is 0 Å². The van der Waals surface area contributed by atoms with Crippen LogP contribution >= 0.6 is 22.9 Å². The lowest BCUT2D eigenvalue weighted by atomic mass is 10.2. The van der Waals surface area contributed by atoms with Crippen LogP contribution in [-0.4, -0.2) is 35.4 Å². The predicted octanol–water partition coefficient (Wildman–Crippen LogP) is 3.37. The number of rotatable bonds is 7. The van der Waals surface area contributed by atoms with Gasteiger partial charge in [-0.1, -0.05) is 36.7 Å². The Morgan fingerprint density at radius 3 is 2.97 bits per heavy atom. The number of hydrazone groups is 1. The molecular formula is C20H22ClN5O2S. The zero-order chi connectivity index (χ0) is 20.4. The van der Waals surface area contributed by atoms with E-state index in [4.69, 9.17) is 11.6 Å². The molecule has 0 radical (unpaired) electrons. The minimum atomic E-state index is -0.328. The van der Waals surface area contributed by atoms with Crippen LogP contribution in [0.2, 0.25) is 5.02 Å². The fraction of sp³-hybridized carbons (Fsp3) is 0.350. The van der Waals surface area contributed by atoms with Crippen molar-refractivity contribution in [1.29, 1.82) is 0 Å². The van der Waals surface area contributed by atoms with Gasteiger partial charge in [-0.25, -0.2) is 0 Å². The average molecular weight is 432 g/mol. The van der Waals surface area contributed by atoms with Gasteiger partial charge in [-0.15, -0.1) is 11.3 Å². The van der Waals surface area contributed by atoms with Crippen molar-refractivity contribution in [3.8, 4) is 0 Å². The molecular weight excluding hydrogens is 410 g/mol. The Kier molecular flexibility index (Phi) is 5.73. The number of carbonyl (C=O) groups is 2. The molecule has 2 amide bonds. The largest absolute Gasteiger partial charge is 0.352 e. The summed E-state index contributed by atoms with van der Waals surface area (Å²) < 4.78 is 0. The number of halogens is 1. The Hall–Kier alpha value is -2.58. The molecule has 0 fully saturated rings. The van der Waals surface area contributed by atoms with Crippen LogP contribution in [0.1, 0.15) is 41.4 Å². The summed E-state index contributed by atoms with van der Waals surface area (Å²) in [6, 6.07) is 9.39. The molecule has 1 unspecified atom stereocenters. The summed E-state index contributed by atoms with van der Waals surface area (Å²) in [5.41, 5.74) is 4.81. The molecule has 1 aromatic heterocycles. The summed E-state index contributed by atoms with van der Waals surface area (Å²) >= 11 is 7.57. The van der Waals surface area contributed by atoms with Gasteiger partial charge in [-0.2, -0.15) is 5.10 Å². The Labute approximate surface area is 178 Å². The first-order valence-corrected chi connectivity index (χ1v) is 10.9. The molecule has 0 saturated carbocycles. The van der Waals surface area contributed by atoms with Crippen molar-refractivity contribution < 1.29 is 9.59 Å². The molecule has 0 spiro atoms. The molecule has 9 heteroatoms. The number of hydrogen-bond donors (Lipinski definition) is 2. The maximum Gasteiger partial charge on any atom is 0.269 e. The molecule has 152 valence electrons. The molecule has 2 aromatic rings. The van der Waals surface area contributed by atoms with Crippen LogP contribution < -0.4 is 15.6 Å². The van der Waals surface area contributed by atoms with E-state index in [9.17, 15) is 9.59 Å². The summed E-state index contributed by atoms with van der Waals surface area (Å²) in [5, 5.41) is 9.89. The van der Waals surface area contributed by atoms with Crippen LogP contribution in [0.4, 0.5) is 5.69 Å². The normalized spacial score (nSPS) is 17.5. The number of amidine groups is 1. The molecule has 29 heavy (non-hydrogen) atoms. The highest BCUT2D eigenvalue weighted by Gasteiger charge is 2.43. The maximum atomic E-state index is 12.8. The van der Waals surface area contributed by atoms with Gasteiger partial charge in [-0.3, -0.25) is 24.8 Å². The molecule has 0 aliphatic carbocycles. The van der Waals surface area contributed by atoms with Gasteiger partial charge >= 0.3 is 0 Å². The molecule has 2 aliphatic rings. The number of anilines is 1. The lowest BCUT2D eigenvalue weighted by Crippen LogP contribution is -2.58. The van der Waals surface area contributed by atoms with Crippen LogP contribution in [-0.2, 0) is 11.3 Å². The van der Waals surface area contributed by atoms with Crippen molar-refractivity contribution in [3.05, 3.63) is 51.2 Å². The van der Waals surface area contributed by atoms with Crippen molar-refractivity contribution >= 4 is 46.3 Å². The van der Waals surface area contributed by atoms with Crippen molar-refractivity contribution in [1.82, 2.24) is 15.6 Å². The number of amides is 2. The zero-order valence-corrected chi connectivity index (χ0v) is 17.6. The number of hydrogen-bond acceptors (Lipinski definition) is 6. The second-order valence-corrected chi connectivity index (χ2v) is 8.23. The molecule has 4 rings (SSSR count). The van der Waals surface area contributed by atoms with E-state index in [0.717, 1.165) is 23.5 Å². The van der Waals surface area contributed by atoms with Crippen LogP contribution in [0.3, 0.4) is 0 Å². The van der Waals surface area contributed by atoms with Gasteiger partial charge < -0.3 is 5.32 Å². The molecule has 0 bridgehead atoms. The highest BCUT2D eigenvalue weighted by atomic mass is 35.5. The average Bonchev–Trinajstić information content (AvgIpc) is 3.36. The first kappa shape index (κ1) is 19.7. The Morgan fingerprint density at radius 2 is 2.17 bits per heavy atom. The fourth-order valence-electron chi connectivity index (χ4n) is 3.55. The third-order valence-corrected chi connectivity index (χ3v) is 6.22. The van der Waals surface area contributed by atoms with Gasteiger partial charge in [-0.05, 0) is 29.5 Å². The van der Waals surface area contributed by atoms with E-state index in [1.165, 1.54) is 11.3 Å². The highest BCUT2D eigenvalue weighted by Crippen LogP contribution is 2.36. The van der Waals surface area contributed by atoms with E-state index < -0.39 is 0 Å². The molecule has 2 N–H and O–H groups in total. The fourth-order valence-corrected chi connectivity index (χ4v) is 4.59.